The van der Waals surface area contributed by atoms with Crippen molar-refractivity contribution < 1.29 is 4.79 Å². The quantitative estimate of drug-likeness (QED) is 0.782. The molecule has 2 rings (SSSR count). The Hall–Kier alpha value is -1.97. The van der Waals surface area contributed by atoms with Crippen LogP contribution < -0.4 is 5.73 Å². The van der Waals surface area contributed by atoms with Crippen LogP contribution in [0.25, 0.3) is 0 Å². The fourth-order valence-electron chi connectivity index (χ4n) is 1.55. The topological polar surface area (TPSA) is 67.8 Å². The van der Waals surface area contributed by atoms with E-state index in [0.717, 1.165) is 16.8 Å². The van der Waals surface area contributed by atoms with Gasteiger partial charge in [0.15, 0.2) is 0 Å². The maximum Gasteiger partial charge on any atom is 0.221 e. The predicted molar refractivity (Wildman–Crippen MR) is 56.6 cm³/mol. The normalized spacial score (nSPS) is 14.0. The van der Waals surface area contributed by atoms with E-state index in [9.17, 15) is 4.79 Å². The van der Waals surface area contributed by atoms with Gasteiger partial charge in [0.1, 0.15) is 0 Å². The number of hydrogen-bond donors (Lipinski definition) is 1. The minimum absolute atomic E-state index is 0.243. The molecule has 0 saturated carbocycles. The molecule has 1 aromatic carbocycles. The predicted octanol–water partition coefficient (Wildman–Crippen LogP) is 2.09. The third-order valence-corrected chi connectivity index (χ3v) is 2.22. The van der Waals surface area contributed by atoms with E-state index in [-0.39, 0.29) is 12.3 Å². The highest BCUT2D eigenvalue weighted by molar-refractivity contribution is 5.76. The van der Waals surface area contributed by atoms with Gasteiger partial charge in [0, 0.05) is 12.6 Å². The van der Waals surface area contributed by atoms with Gasteiger partial charge in [0.05, 0.1) is 5.69 Å². The monoisotopic (exact) mass is 201 g/mol. The van der Waals surface area contributed by atoms with Crippen LogP contribution >= 0.6 is 0 Å². The minimum Gasteiger partial charge on any atom is -0.369 e. The van der Waals surface area contributed by atoms with Gasteiger partial charge in [-0.05, 0) is 23.6 Å². The second kappa shape index (κ2) is 4.04. The zero-order valence-electron chi connectivity index (χ0n) is 8.18. The summed E-state index contributed by atoms with van der Waals surface area (Å²) in [6.45, 7) is 0. The number of amides is 1. The Morgan fingerprint density at radius 3 is 3.00 bits per heavy atom. The van der Waals surface area contributed by atoms with Gasteiger partial charge in [0.2, 0.25) is 5.91 Å². The van der Waals surface area contributed by atoms with Crippen molar-refractivity contribution in [1.82, 2.24) is 0 Å². The number of rotatable bonds is 2. The zero-order valence-corrected chi connectivity index (χ0v) is 8.18. The summed E-state index contributed by atoms with van der Waals surface area (Å²) in [6.07, 6.45) is 2.55. The Morgan fingerprint density at radius 2 is 2.20 bits per heavy atom. The van der Waals surface area contributed by atoms with Gasteiger partial charge < -0.3 is 5.73 Å². The van der Waals surface area contributed by atoms with Crippen LogP contribution in [0.5, 0.6) is 0 Å². The highest BCUT2D eigenvalue weighted by atomic mass is 16.1. The molecule has 0 spiro atoms. The van der Waals surface area contributed by atoms with E-state index in [1.54, 1.807) is 6.20 Å². The summed E-state index contributed by atoms with van der Waals surface area (Å²) < 4.78 is 0. The van der Waals surface area contributed by atoms with Gasteiger partial charge in [-0.1, -0.05) is 18.2 Å². The van der Waals surface area contributed by atoms with Crippen LogP contribution in [0.4, 0.5) is 5.69 Å². The van der Waals surface area contributed by atoms with Crippen LogP contribution in [0.2, 0.25) is 0 Å². The summed E-state index contributed by atoms with van der Waals surface area (Å²) in [4.78, 5) is 10.8. The summed E-state index contributed by atoms with van der Waals surface area (Å²) in [5.41, 5.74) is 7.97. The molecule has 1 aliphatic rings. The van der Waals surface area contributed by atoms with E-state index >= 15 is 0 Å². The van der Waals surface area contributed by atoms with Crippen LogP contribution in [0, 0.1) is 0 Å². The molecule has 0 aromatic heterocycles. The molecule has 0 atom stereocenters. The van der Waals surface area contributed by atoms with E-state index in [2.05, 4.69) is 10.2 Å². The molecule has 1 aliphatic heterocycles. The largest absolute Gasteiger partial charge is 0.369 e. The molecule has 4 heteroatoms. The average Bonchev–Trinajstić information content (AvgIpc) is 2.38. The lowest BCUT2D eigenvalue weighted by Gasteiger charge is -2.03. The van der Waals surface area contributed by atoms with Crippen LogP contribution in [-0.2, 0) is 11.2 Å². The van der Waals surface area contributed by atoms with Gasteiger partial charge in [-0.2, -0.15) is 10.2 Å². The molecular formula is C11H11N3O. The lowest BCUT2D eigenvalue weighted by atomic mass is 10.0. The molecule has 0 fully saturated rings. The third kappa shape index (κ3) is 2.28. The van der Waals surface area contributed by atoms with Crippen LogP contribution in [0.15, 0.2) is 46.3 Å². The summed E-state index contributed by atoms with van der Waals surface area (Å²) in [5.74, 6) is -0.337. The Balaban J connectivity index is 2.27. The Kier molecular flexibility index (Phi) is 2.58. The second-order valence-corrected chi connectivity index (χ2v) is 3.45. The van der Waals surface area contributed by atoms with Gasteiger partial charge in [0.25, 0.3) is 0 Å². The number of fused-ring (bicyclic) bond motifs is 1. The molecule has 15 heavy (non-hydrogen) atoms. The summed E-state index contributed by atoms with van der Waals surface area (Å²) >= 11 is 0. The third-order valence-electron chi connectivity index (χ3n) is 2.22. The second-order valence-electron chi connectivity index (χ2n) is 3.45. The Labute approximate surface area is 87.5 Å². The lowest BCUT2D eigenvalue weighted by molar-refractivity contribution is -0.117. The molecular weight excluding hydrogens is 190 g/mol. The number of hydrogen-bond acceptors (Lipinski definition) is 3. The van der Waals surface area contributed by atoms with Crippen LogP contribution in [0.1, 0.15) is 12.0 Å². The first-order valence-electron chi connectivity index (χ1n) is 4.70. The van der Waals surface area contributed by atoms with Gasteiger partial charge in [-0.3, -0.25) is 4.79 Å². The van der Waals surface area contributed by atoms with Gasteiger partial charge in [-0.15, -0.1) is 0 Å². The first-order chi connectivity index (χ1) is 7.25. The Morgan fingerprint density at radius 1 is 1.40 bits per heavy atom. The van der Waals surface area contributed by atoms with E-state index in [1.807, 2.05) is 24.3 Å². The van der Waals surface area contributed by atoms with Crippen molar-refractivity contribution in [3.8, 4) is 0 Å². The van der Waals surface area contributed by atoms with Crippen LogP contribution in [0.3, 0.4) is 0 Å². The number of carbonyl (C=O) groups is 1. The summed E-state index contributed by atoms with van der Waals surface area (Å²) in [7, 11) is 0. The van der Waals surface area contributed by atoms with E-state index in [1.165, 1.54) is 0 Å². The number of nitrogens with zero attached hydrogens (tertiary/aromatic N) is 2. The SMILES string of the molecule is NC(=O)CC1=CN=Nc2ccccc2C1. The number of benzene rings is 1. The van der Waals surface area contributed by atoms with Crippen molar-refractivity contribution in [2.24, 2.45) is 16.0 Å². The molecule has 4 nitrogen and oxygen atoms in total. The number of carbonyl (C=O) groups excluding carboxylic acids is 1. The fraction of sp³-hybridized carbons (Fsp3) is 0.182. The minimum atomic E-state index is -0.337. The van der Waals surface area contributed by atoms with Gasteiger partial charge >= 0.3 is 0 Å². The van der Waals surface area contributed by atoms with Crippen molar-refractivity contribution in [3.63, 3.8) is 0 Å². The lowest BCUT2D eigenvalue weighted by Crippen LogP contribution is -2.11. The fourth-order valence-corrected chi connectivity index (χ4v) is 1.55. The molecule has 2 N–H and O–H groups in total. The Bertz CT molecular complexity index is 449. The van der Waals surface area contributed by atoms with E-state index in [4.69, 9.17) is 5.73 Å². The standard InChI is InChI=1S/C11H11N3O/c12-11(15)6-8-5-9-3-1-2-4-10(9)14-13-7-8/h1-4,7H,5-6H2,(H2,12,15). The van der Waals surface area contributed by atoms with Crippen molar-refractivity contribution in [1.29, 1.82) is 0 Å². The number of primary amides is 1. The molecule has 1 heterocycles. The molecule has 0 saturated heterocycles. The molecule has 76 valence electrons. The zero-order chi connectivity index (χ0) is 10.7. The van der Waals surface area contributed by atoms with Crippen molar-refractivity contribution in [3.05, 3.63) is 41.6 Å². The smallest absolute Gasteiger partial charge is 0.221 e. The summed E-state index contributed by atoms with van der Waals surface area (Å²) in [6, 6.07) is 7.74. The van der Waals surface area contributed by atoms with Crippen molar-refractivity contribution in [2.45, 2.75) is 12.8 Å². The number of nitrogens with two attached hydrogens (primary N) is 1. The van der Waals surface area contributed by atoms with E-state index < -0.39 is 0 Å². The van der Waals surface area contributed by atoms with Crippen molar-refractivity contribution >= 4 is 11.6 Å². The first kappa shape index (κ1) is 9.58. The highest BCUT2D eigenvalue weighted by Crippen LogP contribution is 2.25. The molecule has 0 unspecified atom stereocenters. The number of azo groups is 1. The van der Waals surface area contributed by atoms with Crippen LogP contribution in [-0.4, -0.2) is 5.91 Å². The van der Waals surface area contributed by atoms with E-state index in [0.29, 0.717) is 6.42 Å². The average molecular weight is 201 g/mol. The maximum atomic E-state index is 10.8. The molecule has 0 bridgehead atoms. The molecule has 0 radical (unpaired) electrons. The van der Waals surface area contributed by atoms with Crippen molar-refractivity contribution in [2.75, 3.05) is 0 Å². The first-order valence-corrected chi connectivity index (χ1v) is 4.70. The molecule has 1 aromatic rings. The van der Waals surface area contributed by atoms with Gasteiger partial charge in [-0.25, -0.2) is 0 Å². The molecule has 0 aliphatic carbocycles. The summed E-state index contributed by atoms with van der Waals surface area (Å²) in [5, 5.41) is 7.94. The highest BCUT2D eigenvalue weighted by Gasteiger charge is 2.09. The molecule has 1 amide bonds. The maximum absolute atomic E-state index is 10.8.